The van der Waals surface area contributed by atoms with Crippen molar-refractivity contribution in [2.75, 3.05) is 25.5 Å². The summed E-state index contributed by atoms with van der Waals surface area (Å²) in [5.74, 6) is 0.921. The molecule has 3 heterocycles. The van der Waals surface area contributed by atoms with Crippen LogP contribution in [0.3, 0.4) is 0 Å². The summed E-state index contributed by atoms with van der Waals surface area (Å²) in [6, 6.07) is 6.36. The molecule has 0 spiro atoms. The van der Waals surface area contributed by atoms with Gasteiger partial charge in [-0.1, -0.05) is 11.6 Å². The summed E-state index contributed by atoms with van der Waals surface area (Å²) in [5, 5.41) is 5.01. The standard InChI is InChI=1S/C14H17ClN4/c1-19-6-4-11(5-7-19)17-14-3-2-10-9-16-13(15)8-12(10)18-14/h2-3,8-9,11H,4-7H2,1H3,(H,17,18). The van der Waals surface area contributed by atoms with Gasteiger partial charge in [-0.15, -0.1) is 0 Å². The minimum Gasteiger partial charge on any atom is -0.367 e. The molecule has 0 atom stereocenters. The van der Waals surface area contributed by atoms with Crippen molar-refractivity contribution in [2.24, 2.45) is 0 Å². The molecule has 0 bridgehead atoms. The first-order valence-electron chi connectivity index (χ1n) is 6.58. The van der Waals surface area contributed by atoms with Crippen molar-refractivity contribution in [3.8, 4) is 0 Å². The molecule has 1 N–H and O–H groups in total. The van der Waals surface area contributed by atoms with E-state index in [1.807, 2.05) is 12.1 Å². The topological polar surface area (TPSA) is 41.0 Å². The van der Waals surface area contributed by atoms with Gasteiger partial charge in [-0.2, -0.15) is 0 Å². The molecule has 100 valence electrons. The number of anilines is 1. The third kappa shape index (κ3) is 2.96. The van der Waals surface area contributed by atoms with Gasteiger partial charge in [0.25, 0.3) is 0 Å². The molecule has 0 unspecified atom stereocenters. The Balaban J connectivity index is 1.77. The van der Waals surface area contributed by atoms with Crippen LogP contribution in [0.5, 0.6) is 0 Å². The maximum Gasteiger partial charge on any atom is 0.131 e. The molecule has 2 aromatic rings. The second-order valence-electron chi connectivity index (χ2n) is 5.12. The zero-order valence-electron chi connectivity index (χ0n) is 10.9. The van der Waals surface area contributed by atoms with Crippen LogP contribution in [-0.2, 0) is 0 Å². The van der Waals surface area contributed by atoms with Crippen molar-refractivity contribution in [3.63, 3.8) is 0 Å². The van der Waals surface area contributed by atoms with Gasteiger partial charge in [-0.25, -0.2) is 9.97 Å². The van der Waals surface area contributed by atoms with Crippen LogP contribution in [0.1, 0.15) is 12.8 Å². The summed E-state index contributed by atoms with van der Waals surface area (Å²) < 4.78 is 0. The van der Waals surface area contributed by atoms with Gasteiger partial charge in [-0.3, -0.25) is 0 Å². The van der Waals surface area contributed by atoms with Crippen molar-refractivity contribution in [2.45, 2.75) is 18.9 Å². The monoisotopic (exact) mass is 276 g/mol. The quantitative estimate of drug-likeness (QED) is 0.857. The normalized spacial score (nSPS) is 17.8. The van der Waals surface area contributed by atoms with E-state index in [4.69, 9.17) is 11.6 Å². The molecule has 1 saturated heterocycles. The molecule has 0 saturated carbocycles. The predicted molar refractivity (Wildman–Crippen MR) is 78.7 cm³/mol. The number of rotatable bonds is 2. The molecule has 5 heteroatoms. The van der Waals surface area contributed by atoms with Crippen LogP contribution < -0.4 is 5.32 Å². The van der Waals surface area contributed by atoms with Crippen LogP contribution in [0.25, 0.3) is 10.9 Å². The fourth-order valence-corrected chi connectivity index (χ4v) is 2.59. The Morgan fingerprint density at radius 1 is 1.32 bits per heavy atom. The first-order chi connectivity index (χ1) is 9.20. The molecule has 4 nitrogen and oxygen atoms in total. The maximum absolute atomic E-state index is 5.90. The summed E-state index contributed by atoms with van der Waals surface area (Å²) in [6.07, 6.45) is 4.07. The molecule has 1 aliphatic rings. The number of fused-ring (bicyclic) bond motifs is 1. The molecule has 3 rings (SSSR count). The number of aromatic nitrogens is 2. The van der Waals surface area contributed by atoms with E-state index in [2.05, 4.69) is 27.2 Å². The highest BCUT2D eigenvalue weighted by atomic mass is 35.5. The Hall–Kier alpha value is -1.39. The van der Waals surface area contributed by atoms with Crippen LogP contribution >= 0.6 is 11.6 Å². The van der Waals surface area contributed by atoms with Gasteiger partial charge in [0.2, 0.25) is 0 Å². The number of halogens is 1. The van der Waals surface area contributed by atoms with Gasteiger partial charge in [0.1, 0.15) is 11.0 Å². The number of hydrogen-bond donors (Lipinski definition) is 1. The maximum atomic E-state index is 5.90. The van der Waals surface area contributed by atoms with E-state index in [1.54, 1.807) is 12.3 Å². The molecular weight excluding hydrogens is 260 g/mol. The molecule has 0 radical (unpaired) electrons. The highest BCUT2D eigenvalue weighted by molar-refractivity contribution is 6.29. The molecule has 0 aromatic carbocycles. The number of hydrogen-bond acceptors (Lipinski definition) is 4. The van der Waals surface area contributed by atoms with E-state index < -0.39 is 0 Å². The van der Waals surface area contributed by atoms with Gasteiger partial charge >= 0.3 is 0 Å². The summed E-state index contributed by atoms with van der Waals surface area (Å²) in [6.45, 7) is 2.28. The summed E-state index contributed by atoms with van der Waals surface area (Å²) in [7, 11) is 2.17. The molecule has 2 aromatic heterocycles. The van der Waals surface area contributed by atoms with E-state index in [9.17, 15) is 0 Å². The third-order valence-electron chi connectivity index (χ3n) is 3.61. The predicted octanol–water partition coefficient (Wildman–Crippen LogP) is 2.79. The minimum atomic E-state index is 0.483. The largest absolute Gasteiger partial charge is 0.367 e. The molecule has 19 heavy (non-hydrogen) atoms. The second kappa shape index (κ2) is 5.31. The number of likely N-dealkylation sites (tertiary alicyclic amines) is 1. The lowest BCUT2D eigenvalue weighted by molar-refractivity contribution is 0.263. The zero-order valence-corrected chi connectivity index (χ0v) is 11.7. The van der Waals surface area contributed by atoms with Crippen molar-refractivity contribution in [1.29, 1.82) is 0 Å². The van der Waals surface area contributed by atoms with Gasteiger partial charge in [0.05, 0.1) is 5.52 Å². The SMILES string of the molecule is CN1CCC(Nc2ccc3cnc(Cl)cc3n2)CC1. The summed E-state index contributed by atoms with van der Waals surface area (Å²) in [5.41, 5.74) is 0.887. The highest BCUT2D eigenvalue weighted by Gasteiger charge is 2.16. The first kappa shape index (κ1) is 12.6. The molecule has 1 fully saturated rings. The fourth-order valence-electron chi connectivity index (χ4n) is 2.43. The van der Waals surface area contributed by atoms with Gasteiger partial charge in [0, 0.05) is 23.7 Å². The van der Waals surface area contributed by atoms with E-state index in [0.29, 0.717) is 11.2 Å². The molecule has 0 amide bonds. The van der Waals surface area contributed by atoms with E-state index in [-0.39, 0.29) is 0 Å². The van der Waals surface area contributed by atoms with Gasteiger partial charge in [0.15, 0.2) is 0 Å². The lowest BCUT2D eigenvalue weighted by Crippen LogP contribution is -2.36. The Morgan fingerprint density at radius 3 is 2.89 bits per heavy atom. The Kier molecular flexibility index (Phi) is 3.53. The number of pyridine rings is 2. The first-order valence-corrected chi connectivity index (χ1v) is 6.96. The van der Waals surface area contributed by atoms with Crippen LogP contribution in [0, 0.1) is 0 Å². The minimum absolute atomic E-state index is 0.483. The van der Waals surface area contributed by atoms with E-state index in [1.165, 1.54) is 0 Å². The van der Waals surface area contributed by atoms with E-state index >= 15 is 0 Å². The number of nitrogens with zero attached hydrogens (tertiary/aromatic N) is 3. The number of piperidine rings is 1. The Bertz CT molecular complexity index is 579. The van der Waals surface area contributed by atoms with Gasteiger partial charge < -0.3 is 10.2 Å². The zero-order chi connectivity index (χ0) is 13.2. The summed E-state index contributed by atoms with van der Waals surface area (Å²) in [4.78, 5) is 11.0. The second-order valence-corrected chi connectivity index (χ2v) is 5.51. The van der Waals surface area contributed by atoms with Crippen molar-refractivity contribution < 1.29 is 0 Å². The Labute approximate surface area is 117 Å². The third-order valence-corrected chi connectivity index (χ3v) is 3.82. The van der Waals surface area contributed by atoms with Crippen LogP contribution in [0.4, 0.5) is 5.82 Å². The van der Waals surface area contributed by atoms with Crippen LogP contribution in [-0.4, -0.2) is 41.0 Å². The number of nitrogens with one attached hydrogen (secondary N) is 1. The summed E-state index contributed by atoms with van der Waals surface area (Å²) >= 11 is 5.90. The average molecular weight is 277 g/mol. The van der Waals surface area contributed by atoms with Crippen LogP contribution in [0.15, 0.2) is 24.4 Å². The van der Waals surface area contributed by atoms with E-state index in [0.717, 1.165) is 42.7 Å². The molecule has 1 aliphatic heterocycles. The van der Waals surface area contributed by atoms with Crippen molar-refractivity contribution in [3.05, 3.63) is 29.5 Å². The molecule has 0 aliphatic carbocycles. The van der Waals surface area contributed by atoms with Crippen molar-refractivity contribution in [1.82, 2.24) is 14.9 Å². The average Bonchev–Trinajstić information content (AvgIpc) is 2.41. The fraction of sp³-hybridized carbons (Fsp3) is 0.429. The smallest absolute Gasteiger partial charge is 0.131 e. The molecular formula is C14H17ClN4. The highest BCUT2D eigenvalue weighted by Crippen LogP contribution is 2.19. The van der Waals surface area contributed by atoms with Crippen LogP contribution in [0.2, 0.25) is 5.15 Å². The lowest BCUT2D eigenvalue weighted by atomic mass is 10.1. The lowest BCUT2D eigenvalue weighted by Gasteiger charge is -2.29. The Morgan fingerprint density at radius 2 is 2.11 bits per heavy atom. The van der Waals surface area contributed by atoms with Crippen molar-refractivity contribution >= 4 is 28.3 Å². The van der Waals surface area contributed by atoms with Gasteiger partial charge in [-0.05, 0) is 45.1 Å².